The van der Waals surface area contributed by atoms with Crippen molar-refractivity contribution in [1.29, 1.82) is 0 Å². The highest BCUT2D eigenvalue weighted by atomic mass is 16.5. The molecule has 3 rings (SSSR count). The van der Waals surface area contributed by atoms with Gasteiger partial charge < -0.3 is 9.84 Å². The Morgan fingerprint density at radius 1 is 1.33 bits per heavy atom. The van der Waals surface area contributed by atoms with Crippen LogP contribution in [0.25, 0.3) is 0 Å². The van der Waals surface area contributed by atoms with Gasteiger partial charge in [-0.3, -0.25) is 4.90 Å². The highest BCUT2D eigenvalue weighted by molar-refractivity contribution is 5.87. The molecule has 1 aliphatic heterocycles. The van der Waals surface area contributed by atoms with Crippen molar-refractivity contribution in [2.45, 2.75) is 31.4 Å². The number of rotatable bonds is 4. The summed E-state index contributed by atoms with van der Waals surface area (Å²) >= 11 is 0. The topological polar surface area (TPSA) is 49.8 Å². The highest BCUT2D eigenvalue weighted by Gasteiger charge is 2.35. The lowest BCUT2D eigenvalue weighted by Crippen LogP contribution is -2.26. The molecule has 2 fully saturated rings. The summed E-state index contributed by atoms with van der Waals surface area (Å²) in [5.74, 6) is -0.246. The monoisotopic (exact) mass is 247 g/mol. The number of carbonyl (C=O) groups is 1. The van der Waals surface area contributed by atoms with Crippen LogP contribution in [0.2, 0.25) is 0 Å². The van der Waals surface area contributed by atoms with Crippen molar-refractivity contribution in [2.75, 3.05) is 13.1 Å². The molecule has 2 aliphatic rings. The van der Waals surface area contributed by atoms with Crippen molar-refractivity contribution in [2.24, 2.45) is 0 Å². The van der Waals surface area contributed by atoms with Gasteiger partial charge in [-0.1, -0.05) is 6.07 Å². The van der Waals surface area contributed by atoms with Crippen molar-refractivity contribution in [3.8, 4) is 5.75 Å². The zero-order valence-corrected chi connectivity index (χ0v) is 10.2. The summed E-state index contributed by atoms with van der Waals surface area (Å²) in [6, 6.07) is 7.52. The molecule has 0 radical (unpaired) electrons. The van der Waals surface area contributed by atoms with Crippen LogP contribution in [0.1, 0.15) is 29.6 Å². The highest BCUT2D eigenvalue weighted by Crippen LogP contribution is 2.31. The van der Waals surface area contributed by atoms with Crippen LogP contribution in [0, 0.1) is 0 Å². The Bertz CT molecular complexity index is 456. The van der Waals surface area contributed by atoms with Crippen molar-refractivity contribution >= 4 is 5.97 Å². The van der Waals surface area contributed by atoms with Crippen LogP contribution in [0.5, 0.6) is 5.75 Å². The Morgan fingerprint density at radius 2 is 2.17 bits per heavy atom. The summed E-state index contributed by atoms with van der Waals surface area (Å²) in [7, 11) is 0. The molecule has 1 saturated heterocycles. The average Bonchev–Trinajstić information content (AvgIpc) is 3.11. The van der Waals surface area contributed by atoms with Crippen LogP contribution in [-0.2, 0) is 0 Å². The second-order valence-corrected chi connectivity index (χ2v) is 5.09. The van der Waals surface area contributed by atoms with E-state index in [2.05, 4.69) is 4.90 Å². The minimum atomic E-state index is -0.911. The van der Waals surface area contributed by atoms with Gasteiger partial charge in [-0.25, -0.2) is 4.79 Å². The Morgan fingerprint density at radius 3 is 2.89 bits per heavy atom. The maximum atomic E-state index is 10.9. The number of carboxylic acid groups (broad SMARTS) is 1. The molecular weight excluding hydrogens is 230 g/mol. The second-order valence-electron chi connectivity index (χ2n) is 5.09. The molecule has 0 aromatic heterocycles. The van der Waals surface area contributed by atoms with Crippen molar-refractivity contribution < 1.29 is 14.6 Å². The third-order valence-electron chi connectivity index (χ3n) is 3.62. The Kier molecular flexibility index (Phi) is 2.96. The van der Waals surface area contributed by atoms with Crippen LogP contribution < -0.4 is 4.74 Å². The summed E-state index contributed by atoms with van der Waals surface area (Å²) < 4.78 is 5.87. The summed E-state index contributed by atoms with van der Waals surface area (Å²) in [6.45, 7) is 2.08. The number of likely N-dealkylation sites (tertiary alicyclic amines) is 1. The molecule has 1 N–H and O–H groups in total. The van der Waals surface area contributed by atoms with E-state index in [-0.39, 0.29) is 11.7 Å². The molecule has 1 aliphatic carbocycles. The lowest BCUT2D eigenvalue weighted by atomic mass is 10.2. The van der Waals surface area contributed by atoms with Crippen LogP contribution >= 0.6 is 0 Å². The molecule has 1 heterocycles. The van der Waals surface area contributed by atoms with E-state index in [1.807, 2.05) is 6.07 Å². The van der Waals surface area contributed by atoms with Gasteiger partial charge in [0.1, 0.15) is 11.9 Å². The molecule has 4 nitrogen and oxygen atoms in total. The van der Waals surface area contributed by atoms with Crippen LogP contribution in [0.3, 0.4) is 0 Å². The molecule has 96 valence electrons. The standard InChI is InChI=1S/C14H17NO3/c16-14(17)10-2-1-3-12(8-10)18-13-6-7-15(9-13)11-4-5-11/h1-3,8,11,13H,4-7,9H2,(H,16,17). The Labute approximate surface area is 106 Å². The van der Waals surface area contributed by atoms with Crippen molar-refractivity contribution in [1.82, 2.24) is 4.90 Å². The minimum absolute atomic E-state index is 0.203. The maximum absolute atomic E-state index is 10.9. The average molecular weight is 247 g/mol. The van der Waals surface area contributed by atoms with Gasteiger partial charge >= 0.3 is 5.97 Å². The van der Waals surface area contributed by atoms with E-state index in [1.165, 1.54) is 12.8 Å². The van der Waals surface area contributed by atoms with E-state index in [0.717, 1.165) is 25.6 Å². The molecular formula is C14H17NO3. The zero-order chi connectivity index (χ0) is 12.5. The Hall–Kier alpha value is -1.55. The molecule has 0 bridgehead atoms. The van der Waals surface area contributed by atoms with Crippen LogP contribution in [-0.4, -0.2) is 41.2 Å². The SMILES string of the molecule is O=C(O)c1cccc(OC2CCN(C3CC3)C2)c1. The number of nitrogens with zero attached hydrogens (tertiary/aromatic N) is 1. The van der Waals surface area contributed by atoms with Gasteiger partial charge in [0, 0.05) is 19.1 Å². The molecule has 1 saturated carbocycles. The number of hydrogen-bond acceptors (Lipinski definition) is 3. The molecule has 1 aromatic carbocycles. The van der Waals surface area contributed by atoms with Gasteiger partial charge in [-0.2, -0.15) is 0 Å². The third-order valence-corrected chi connectivity index (χ3v) is 3.62. The van der Waals surface area contributed by atoms with Gasteiger partial charge in [0.2, 0.25) is 0 Å². The molecule has 1 unspecified atom stereocenters. The summed E-state index contributed by atoms with van der Waals surface area (Å²) in [5.41, 5.74) is 0.282. The van der Waals surface area contributed by atoms with Crippen LogP contribution in [0.4, 0.5) is 0 Å². The van der Waals surface area contributed by atoms with E-state index >= 15 is 0 Å². The van der Waals surface area contributed by atoms with Gasteiger partial charge in [0.05, 0.1) is 5.56 Å². The largest absolute Gasteiger partial charge is 0.489 e. The molecule has 0 amide bonds. The maximum Gasteiger partial charge on any atom is 0.335 e. The Balaban J connectivity index is 1.62. The first kappa shape index (κ1) is 11.5. The fraction of sp³-hybridized carbons (Fsp3) is 0.500. The quantitative estimate of drug-likeness (QED) is 0.884. The number of ether oxygens (including phenoxy) is 1. The number of hydrogen-bond donors (Lipinski definition) is 1. The predicted octanol–water partition coefficient (Wildman–Crippen LogP) is 2.00. The molecule has 0 spiro atoms. The van der Waals surface area contributed by atoms with E-state index in [4.69, 9.17) is 9.84 Å². The minimum Gasteiger partial charge on any atom is -0.489 e. The molecule has 1 atom stereocenters. The van der Waals surface area contributed by atoms with Gasteiger partial charge in [0.15, 0.2) is 0 Å². The van der Waals surface area contributed by atoms with E-state index in [9.17, 15) is 4.79 Å². The number of benzene rings is 1. The summed E-state index contributed by atoms with van der Waals surface area (Å²) in [5, 5.41) is 8.93. The second kappa shape index (κ2) is 4.61. The van der Waals surface area contributed by atoms with Crippen molar-refractivity contribution in [3.05, 3.63) is 29.8 Å². The molecule has 4 heteroatoms. The van der Waals surface area contributed by atoms with Crippen LogP contribution in [0.15, 0.2) is 24.3 Å². The van der Waals surface area contributed by atoms with Gasteiger partial charge in [-0.05, 0) is 37.5 Å². The fourth-order valence-corrected chi connectivity index (χ4v) is 2.52. The number of aromatic carboxylic acids is 1. The normalized spacial score (nSPS) is 24.1. The first-order chi connectivity index (χ1) is 8.72. The van der Waals surface area contributed by atoms with E-state index in [0.29, 0.717) is 5.75 Å². The molecule has 18 heavy (non-hydrogen) atoms. The third kappa shape index (κ3) is 2.48. The number of carboxylic acids is 1. The predicted molar refractivity (Wildman–Crippen MR) is 67.0 cm³/mol. The van der Waals surface area contributed by atoms with E-state index in [1.54, 1.807) is 18.2 Å². The summed E-state index contributed by atoms with van der Waals surface area (Å²) in [6.07, 6.45) is 3.88. The lowest BCUT2D eigenvalue weighted by molar-refractivity contribution is 0.0696. The summed E-state index contributed by atoms with van der Waals surface area (Å²) in [4.78, 5) is 13.4. The molecule has 1 aromatic rings. The van der Waals surface area contributed by atoms with E-state index < -0.39 is 5.97 Å². The van der Waals surface area contributed by atoms with Gasteiger partial charge in [-0.15, -0.1) is 0 Å². The van der Waals surface area contributed by atoms with Crippen molar-refractivity contribution in [3.63, 3.8) is 0 Å². The smallest absolute Gasteiger partial charge is 0.335 e. The fourth-order valence-electron chi connectivity index (χ4n) is 2.52. The first-order valence-corrected chi connectivity index (χ1v) is 6.46. The van der Waals surface area contributed by atoms with Gasteiger partial charge in [0.25, 0.3) is 0 Å². The lowest BCUT2D eigenvalue weighted by Gasteiger charge is -2.16. The first-order valence-electron chi connectivity index (χ1n) is 6.46. The zero-order valence-electron chi connectivity index (χ0n) is 10.2.